The third-order valence-electron chi connectivity index (χ3n) is 3.90. The zero-order chi connectivity index (χ0) is 19.9. The molecule has 0 radical (unpaired) electrons. The number of anilines is 1. The fourth-order valence-electron chi connectivity index (χ4n) is 2.53. The summed E-state index contributed by atoms with van der Waals surface area (Å²) < 4.78 is 12.9. The minimum atomic E-state index is -0.276. The highest BCUT2D eigenvalue weighted by atomic mass is 35.5. The molecule has 0 unspecified atom stereocenters. The molecule has 3 aromatic rings. The largest absolute Gasteiger partial charge is 0.493 e. The van der Waals surface area contributed by atoms with Crippen molar-refractivity contribution < 1.29 is 14.3 Å². The van der Waals surface area contributed by atoms with E-state index in [0.29, 0.717) is 28.8 Å². The van der Waals surface area contributed by atoms with E-state index in [1.165, 1.54) is 6.08 Å². The molecule has 3 rings (SSSR count). The number of halogens is 1. The first-order valence-corrected chi connectivity index (χ1v) is 8.95. The molecule has 28 heavy (non-hydrogen) atoms. The Morgan fingerprint density at radius 3 is 2.79 bits per heavy atom. The van der Waals surface area contributed by atoms with Crippen molar-refractivity contribution in [1.82, 2.24) is 9.78 Å². The van der Waals surface area contributed by atoms with Gasteiger partial charge in [0, 0.05) is 24.9 Å². The molecule has 6 nitrogen and oxygen atoms in total. The van der Waals surface area contributed by atoms with E-state index >= 15 is 0 Å². The molecule has 0 aliphatic carbocycles. The molecular formula is C21H20ClN3O3. The molecule has 0 fully saturated rings. The van der Waals surface area contributed by atoms with Gasteiger partial charge in [0.15, 0.2) is 11.5 Å². The zero-order valence-electron chi connectivity index (χ0n) is 15.6. The van der Waals surface area contributed by atoms with E-state index in [2.05, 4.69) is 10.4 Å². The summed E-state index contributed by atoms with van der Waals surface area (Å²) in [5.74, 6) is 0.920. The summed E-state index contributed by atoms with van der Waals surface area (Å²) >= 11 is 6.05. The second kappa shape index (κ2) is 9.10. The highest BCUT2D eigenvalue weighted by Gasteiger charge is 2.07. The third kappa shape index (κ3) is 5.14. The number of carbonyl (C=O) groups is 1. The number of amides is 1. The predicted molar refractivity (Wildman–Crippen MR) is 110 cm³/mol. The SMILES string of the molecule is COc1ccc(/C=C/C(=O)Nc2ccccc2Cl)cc1OCc1cnn(C)c1. The van der Waals surface area contributed by atoms with E-state index in [9.17, 15) is 4.79 Å². The second-order valence-corrected chi connectivity index (χ2v) is 6.43. The molecule has 1 heterocycles. The summed E-state index contributed by atoms with van der Waals surface area (Å²) in [7, 11) is 3.43. The van der Waals surface area contributed by atoms with Gasteiger partial charge in [-0.1, -0.05) is 29.8 Å². The molecule has 0 aliphatic heterocycles. The van der Waals surface area contributed by atoms with Gasteiger partial charge < -0.3 is 14.8 Å². The summed E-state index contributed by atoms with van der Waals surface area (Å²) in [6.45, 7) is 0.365. The lowest BCUT2D eigenvalue weighted by Crippen LogP contribution is -2.07. The number of rotatable bonds is 7. The van der Waals surface area contributed by atoms with Gasteiger partial charge in [-0.15, -0.1) is 0 Å². The maximum absolute atomic E-state index is 12.1. The van der Waals surface area contributed by atoms with Crippen LogP contribution >= 0.6 is 11.6 Å². The molecule has 2 aromatic carbocycles. The molecule has 0 atom stereocenters. The number of ether oxygens (including phenoxy) is 2. The molecule has 1 N–H and O–H groups in total. The lowest BCUT2D eigenvalue weighted by molar-refractivity contribution is -0.111. The number of nitrogens with zero attached hydrogens (tertiary/aromatic N) is 2. The second-order valence-electron chi connectivity index (χ2n) is 6.02. The lowest BCUT2D eigenvalue weighted by atomic mass is 10.2. The normalized spacial score (nSPS) is 10.8. The first-order chi connectivity index (χ1) is 13.5. The molecular weight excluding hydrogens is 378 g/mol. The monoisotopic (exact) mass is 397 g/mol. The van der Waals surface area contributed by atoms with E-state index in [4.69, 9.17) is 21.1 Å². The van der Waals surface area contributed by atoms with E-state index in [1.54, 1.807) is 54.4 Å². The van der Waals surface area contributed by atoms with Gasteiger partial charge in [-0.3, -0.25) is 9.48 Å². The lowest BCUT2D eigenvalue weighted by Gasteiger charge is -2.10. The van der Waals surface area contributed by atoms with Gasteiger partial charge in [-0.25, -0.2) is 0 Å². The van der Waals surface area contributed by atoms with Gasteiger partial charge in [-0.05, 0) is 35.9 Å². The molecule has 0 saturated carbocycles. The van der Waals surface area contributed by atoms with Crippen LogP contribution in [0.2, 0.25) is 5.02 Å². The molecule has 1 amide bonds. The molecule has 7 heteroatoms. The average Bonchev–Trinajstić information content (AvgIpc) is 3.12. The molecule has 0 bridgehead atoms. The number of aromatic nitrogens is 2. The number of carbonyl (C=O) groups excluding carboxylic acids is 1. The van der Waals surface area contributed by atoms with E-state index in [-0.39, 0.29) is 5.91 Å². The molecule has 0 saturated heterocycles. The Balaban J connectivity index is 1.68. The highest BCUT2D eigenvalue weighted by Crippen LogP contribution is 2.29. The van der Waals surface area contributed by atoms with Crippen LogP contribution in [-0.4, -0.2) is 22.8 Å². The van der Waals surface area contributed by atoms with E-state index < -0.39 is 0 Å². The smallest absolute Gasteiger partial charge is 0.248 e. The minimum Gasteiger partial charge on any atom is -0.493 e. The van der Waals surface area contributed by atoms with Crippen molar-refractivity contribution in [2.45, 2.75) is 6.61 Å². The Morgan fingerprint density at radius 1 is 1.25 bits per heavy atom. The molecule has 0 spiro atoms. The van der Waals surface area contributed by atoms with Gasteiger partial charge in [0.05, 0.1) is 24.0 Å². The van der Waals surface area contributed by atoms with Crippen molar-refractivity contribution in [3.05, 3.63) is 77.1 Å². The van der Waals surface area contributed by atoms with Gasteiger partial charge in [0.1, 0.15) is 6.61 Å². The Morgan fingerprint density at radius 2 is 2.07 bits per heavy atom. The van der Waals surface area contributed by atoms with Gasteiger partial charge >= 0.3 is 0 Å². The molecule has 144 valence electrons. The average molecular weight is 398 g/mol. The van der Waals surface area contributed by atoms with Gasteiger partial charge in [0.2, 0.25) is 5.91 Å². The molecule has 0 aliphatic rings. The summed E-state index contributed by atoms with van der Waals surface area (Å²) in [4.78, 5) is 12.1. The van der Waals surface area contributed by atoms with Crippen LogP contribution in [0.3, 0.4) is 0 Å². The first kappa shape index (κ1) is 19.5. The van der Waals surface area contributed by atoms with Crippen molar-refractivity contribution in [2.75, 3.05) is 12.4 Å². The van der Waals surface area contributed by atoms with Crippen molar-refractivity contribution >= 4 is 29.3 Å². The number of benzene rings is 2. The Labute approximate surface area is 168 Å². The minimum absolute atomic E-state index is 0.276. The number of hydrogen-bond acceptors (Lipinski definition) is 4. The summed E-state index contributed by atoms with van der Waals surface area (Å²) in [5.41, 5.74) is 2.31. The van der Waals surface area contributed by atoms with E-state index in [1.807, 2.05) is 25.4 Å². The third-order valence-corrected chi connectivity index (χ3v) is 4.23. The van der Waals surface area contributed by atoms with Crippen LogP contribution in [0.1, 0.15) is 11.1 Å². The fourth-order valence-corrected chi connectivity index (χ4v) is 2.71. The highest BCUT2D eigenvalue weighted by molar-refractivity contribution is 6.33. The van der Waals surface area contributed by atoms with Crippen LogP contribution in [0.4, 0.5) is 5.69 Å². The van der Waals surface area contributed by atoms with Gasteiger partial charge in [-0.2, -0.15) is 5.10 Å². The van der Waals surface area contributed by atoms with Crippen LogP contribution < -0.4 is 14.8 Å². The number of para-hydroxylation sites is 1. The van der Waals surface area contributed by atoms with Crippen molar-refractivity contribution in [3.63, 3.8) is 0 Å². The Kier molecular flexibility index (Phi) is 6.34. The number of nitrogens with one attached hydrogen (secondary N) is 1. The van der Waals surface area contributed by atoms with Crippen LogP contribution in [-0.2, 0) is 18.4 Å². The van der Waals surface area contributed by atoms with Crippen molar-refractivity contribution in [3.8, 4) is 11.5 Å². The van der Waals surface area contributed by atoms with Crippen LogP contribution in [0.25, 0.3) is 6.08 Å². The van der Waals surface area contributed by atoms with Crippen LogP contribution in [0.15, 0.2) is 60.9 Å². The quantitative estimate of drug-likeness (QED) is 0.603. The standard InChI is InChI=1S/C21H20ClN3O3/c1-25-13-16(12-23-25)14-28-20-11-15(7-9-19(20)27-2)8-10-21(26)24-18-6-4-3-5-17(18)22/h3-13H,14H2,1-2H3,(H,24,26)/b10-8+. The number of hydrogen-bond donors (Lipinski definition) is 1. The zero-order valence-corrected chi connectivity index (χ0v) is 16.3. The Bertz CT molecular complexity index is 998. The van der Waals surface area contributed by atoms with E-state index in [0.717, 1.165) is 11.1 Å². The summed E-state index contributed by atoms with van der Waals surface area (Å²) in [5, 5.41) is 7.35. The number of methoxy groups -OCH3 is 1. The fraction of sp³-hybridized carbons (Fsp3) is 0.143. The van der Waals surface area contributed by atoms with Crippen LogP contribution in [0, 0.1) is 0 Å². The van der Waals surface area contributed by atoms with Gasteiger partial charge in [0.25, 0.3) is 0 Å². The summed E-state index contributed by atoms with van der Waals surface area (Å²) in [6.07, 6.45) is 6.77. The molecule has 1 aromatic heterocycles. The topological polar surface area (TPSA) is 65.4 Å². The predicted octanol–water partition coefficient (Wildman–Crippen LogP) is 4.31. The summed E-state index contributed by atoms with van der Waals surface area (Å²) in [6, 6.07) is 12.5. The number of aryl methyl sites for hydroxylation is 1. The first-order valence-electron chi connectivity index (χ1n) is 8.57. The Hall–Kier alpha value is -3.25. The van der Waals surface area contributed by atoms with Crippen molar-refractivity contribution in [2.24, 2.45) is 7.05 Å². The maximum atomic E-state index is 12.1. The van der Waals surface area contributed by atoms with Crippen LogP contribution in [0.5, 0.6) is 11.5 Å². The maximum Gasteiger partial charge on any atom is 0.248 e. The van der Waals surface area contributed by atoms with Crippen molar-refractivity contribution in [1.29, 1.82) is 0 Å².